The smallest absolute Gasteiger partial charge is 0.137 e. The number of hydrogen-bond donors (Lipinski definition) is 1. The van der Waals surface area contributed by atoms with E-state index in [-0.39, 0.29) is 0 Å². The molecule has 0 unspecified atom stereocenters. The number of nitrogens with zero attached hydrogens (tertiary/aromatic N) is 1. The molecule has 0 aliphatic carbocycles. The maximum Gasteiger partial charge on any atom is 0.137 e. The minimum absolute atomic E-state index is 0.661. The maximum absolute atomic E-state index is 5.54. The van der Waals surface area contributed by atoms with Gasteiger partial charge in [0.25, 0.3) is 0 Å². The second kappa shape index (κ2) is 8.89. The Morgan fingerprint density at radius 3 is 2.72 bits per heavy atom. The van der Waals surface area contributed by atoms with Crippen molar-refractivity contribution in [1.29, 1.82) is 0 Å². The van der Waals surface area contributed by atoms with Gasteiger partial charge >= 0.3 is 0 Å². The zero-order valence-corrected chi connectivity index (χ0v) is 11.6. The first kappa shape index (κ1) is 14.9. The first-order valence-corrected chi connectivity index (χ1v) is 6.49. The van der Waals surface area contributed by atoms with Gasteiger partial charge < -0.3 is 14.8 Å². The van der Waals surface area contributed by atoms with Gasteiger partial charge in [0.1, 0.15) is 5.75 Å². The van der Waals surface area contributed by atoms with Crippen molar-refractivity contribution in [3.63, 3.8) is 0 Å². The minimum Gasteiger partial charge on any atom is -0.492 e. The maximum atomic E-state index is 5.54. The molecule has 0 aromatic carbocycles. The lowest BCUT2D eigenvalue weighted by Crippen LogP contribution is -2.19. The molecule has 0 atom stereocenters. The van der Waals surface area contributed by atoms with E-state index in [2.05, 4.69) is 24.1 Å². The van der Waals surface area contributed by atoms with Gasteiger partial charge in [-0.05, 0) is 24.6 Å². The van der Waals surface area contributed by atoms with Crippen LogP contribution in [0.25, 0.3) is 0 Å². The standard InChI is InChI=1S/C14H24N2O2/c1-12(2)9-15-10-13-5-6-14(11-16-13)18-8-4-7-17-3/h5-6,11-12,15H,4,7-10H2,1-3H3. The van der Waals surface area contributed by atoms with E-state index >= 15 is 0 Å². The number of ether oxygens (including phenoxy) is 2. The zero-order valence-electron chi connectivity index (χ0n) is 11.6. The third-order valence-corrected chi connectivity index (χ3v) is 2.42. The summed E-state index contributed by atoms with van der Waals surface area (Å²) in [5.41, 5.74) is 1.04. The molecule has 0 fully saturated rings. The highest BCUT2D eigenvalue weighted by molar-refractivity contribution is 5.19. The molecule has 0 bridgehead atoms. The Hall–Kier alpha value is -1.13. The summed E-state index contributed by atoms with van der Waals surface area (Å²) in [6.45, 7) is 7.60. The Morgan fingerprint density at radius 2 is 2.11 bits per heavy atom. The molecule has 0 spiro atoms. The third kappa shape index (κ3) is 6.57. The summed E-state index contributed by atoms with van der Waals surface area (Å²) in [5, 5.41) is 3.36. The molecule has 1 aromatic rings. The van der Waals surface area contributed by atoms with Crippen molar-refractivity contribution in [2.24, 2.45) is 5.92 Å². The first-order chi connectivity index (χ1) is 8.72. The van der Waals surface area contributed by atoms with E-state index in [1.165, 1.54) is 0 Å². The van der Waals surface area contributed by atoms with Crippen LogP contribution < -0.4 is 10.1 Å². The zero-order chi connectivity index (χ0) is 13.2. The van der Waals surface area contributed by atoms with Crippen LogP contribution >= 0.6 is 0 Å². The number of methoxy groups -OCH3 is 1. The quantitative estimate of drug-likeness (QED) is 0.685. The minimum atomic E-state index is 0.661. The molecule has 1 N–H and O–H groups in total. The molecule has 0 aliphatic heterocycles. The summed E-state index contributed by atoms with van der Waals surface area (Å²) in [6.07, 6.45) is 2.67. The monoisotopic (exact) mass is 252 g/mol. The fraction of sp³-hybridized carbons (Fsp3) is 0.643. The van der Waals surface area contributed by atoms with Gasteiger partial charge in [0.05, 0.1) is 18.5 Å². The Bertz CT molecular complexity index is 312. The Labute approximate surface area is 110 Å². The number of nitrogens with one attached hydrogen (secondary N) is 1. The molecular weight excluding hydrogens is 228 g/mol. The molecule has 0 aliphatic rings. The van der Waals surface area contributed by atoms with Crippen molar-refractivity contribution in [1.82, 2.24) is 10.3 Å². The fourth-order valence-corrected chi connectivity index (χ4v) is 1.48. The van der Waals surface area contributed by atoms with Gasteiger partial charge in [-0.2, -0.15) is 0 Å². The van der Waals surface area contributed by atoms with Gasteiger partial charge in [-0.25, -0.2) is 0 Å². The van der Waals surface area contributed by atoms with E-state index in [0.717, 1.165) is 37.6 Å². The number of rotatable bonds is 9. The predicted octanol–water partition coefficient (Wildman–Crippen LogP) is 2.24. The second-order valence-corrected chi connectivity index (χ2v) is 4.70. The highest BCUT2D eigenvalue weighted by atomic mass is 16.5. The molecule has 1 aromatic heterocycles. The fourth-order valence-electron chi connectivity index (χ4n) is 1.48. The second-order valence-electron chi connectivity index (χ2n) is 4.70. The van der Waals surface area contributed by atoms with Gasteiger partial charge in [0, 0.05) is 26.7 Å². The average molecular weight is 252 g/mol. The molecule has 102 valence electrons. The lowest BCUT2D eigenvalue weighted by molar-refractivity contribution is 0.172. The predicted molar refractivity (Wildman–Crippen MR) is 72.8 cm³/mol. The molecule has 1 rings (SSSR count). The highest BCUT2D eigenvalue weighted by Gasteiger charge is 1.98. The molecule has 18 heavy (non-hydrogen) atoms. The van der Waals surface area contributed by atoms with Crippen LogP contribution in [0.2, 0.25) is 0 Å². The van der Waals surface area contributed by atoms with Crippen LogP contribution in [-0.4, -0.2) is 31.9 Å². The lowest BCUT2D eigenvalue weighted by atomic mass is 10.2. The van der Waals surface area contributed by atoms with E-state index in [9.17, 15) is 0 Å². The summed E-state index contributed by atoms with van der Waals surface area (Å²) >= 11 is 0. The van der Waals surface area contributed by atoms with Crippen molar-refractivity contribution < 1.29 is 9.47 Å². The van der Waals surface area contributed by atoms with Crippen molar-refractivity contribution in [3.8, 4) is 5.75 Å². The van der Waals surface area contributed by atoms with Gasteiger partial charge in [-0.15, -0.1) is 0 Å². The normalized spacial score (nSPS) is 10.9. The van der Waals surface area contributed by atoms with Crippen molar-refractivity contribution in [2.45, 2.75) is 26.8 Å². The number of hydrogen-bond acceptors (Lipinski definition) is 4. The molecule has 0 saturated heterocycles. The van der Waals surface area contributed by atoms with Crippen LogP contribution in [0.5, 0.6) is 5.75 Å². The van der Waals surface area contributed by atoms with Crippen molar-refractivity contribution in [3.05, 3.63) is 24.0 Å². The molecule has 0 saturated carbocycles. The summed E-state index contributed by atoms with van der Waals surface area (Å²) in [7, 11) is 1.69. The topological polar surface area (TPSA) is 43.4 Å². The summed E-state index contributed by atoms with van der Waals surface area (Å²) in [5.74, 6) is 1.48. The molecule has 4 heteroatoms. The number of aromatic nitrogens is 1. The summed E-state index contributed by atoms with van der Waals surface area (Å²) < 4.78 is 10.5. The van der Waals surface area contributed by atoms with Crippen LogP contribution in [0, 0.1) is 5.92 Å². The Morgan fingerprint density at radius 1 is 1.28 bits per heavy atom. The van der Waals surface area contributed by atoms with Crippen LogP contribution in [0.15, 0.2) is 18.3 Å². The van der Waals surface area contributed by atoms with Gasteiger partial charge in [-0.1, -0.05) is 13.8 Å². The van der Waals surface area contributed by atoms with Crippen molar-refractivity contribution >= 4 is 0 Å². The molecule has 4 nitrogen and oxygen atoms in total. The van der Waals surface area contributed by atoms with Gasteiger partial charge in [0.15, 0.2) is 0 Å². The Kier molecular flexibility index (Phi) is 7.37. The summed E-state index contributed by atoms with van der Waals surface area (Å²) in [4.78, 5) is 4.36. The van der Waals surface area contributed by atoms with Gasteiger partial charge in [-0.3, -0.25) is 4.98 Å². The third-order valence-electron chi connectivity index (χ3n) is 2.42. The lowest BCUT2D eigenvalue weighted by Gasteiger charge is -2.08. The van der Waals surface area contributed by atoms with Crippen LogP contribution in [-0.2, 0) is 11.3 Å². The highest BCUT2D eigenvalue weighted by Crippen LogP contribution is 2.09. The van der Waals surface area contributed by atoms with E-state index in [4.69, 9.17) is 9.47 Å². The molecule has 1 heterocycles. The number of pyridine rings is 1. The van der Waals surface area contributed by atoms with Crippen molar-refractivity contribution in [2.75, 3.05) is 26.9 Å². The van der Waals surface area contributed by atoms with E-state index in [1.807, 2.05) is 12.1 Å². The van der Waals surface area contributed by atoms with Crippen LogP contribution in [0.4, 0.5) is 0 Å². The molecule has 0 amide bonds. The van der Waals surface area contributed by atoms with E-state index in [0.29, 0.717) is 12.5 Å². The van der Waals surface area contributed by atoms with E-state index < -0.39 is 0 Å². The van der Waals surface area contributed by atoms with E-state index in [1.54, 1.807) is 13.3 Å². The van der Waals surface area contributed by atoms with Gasteiger partial charge in [0.2, 0.25) is 0 Å². The SMILES string of the molecule is COCCCOc1ccc(CNCC(C)C)nc1. The Balaban J connectivity index is 2.24. The van der Waals surface area contributed by atoms with Crippen LogP contribution in [0.3, 0.4) is 0 Å². The molecule has 0 radical (unpaired) electrons. The summed E-state index contributed by atoms with van der Waals surface area (Å²) in [6, 6.07) is 3.96. The largest absolute Gasteiger partial charge is 0.492 e. The van der Waals surface area contributed by atoms with Crippen LogP contribution in [0.1, 0.15) is 26.0 Å². The average Bonchev–Trinajstić information content (AvgIpc) is 2.36. The first-order valence-electron chi connectivity index (χ1n) is 6.49. The molecular formula is C14H24N2O2.